The summed E-state index contributed by atoms with van der Waals surface area (Å²) < 4.78 is 11.4. The van der Waals surface area contributed by atoms with Crippen LogP contribution < -0.4 is 0 Å². The van der Waals surface area contributed by atoms with Crippen LogP contribution in [0.15, 0.2) is 24.3 Å². The standard InChI is InChI=1S/C35H52O6/c1-15-40-29(38)35(30(39)41-16-2,21-17-23(31(3,4)5)27(36)24(18-21)32(6,7)8)22-19-25(33(9,10)11)28(37)26(20-22)34(12,13)14/h17-20,36-37H,15-16H2,1-14H3. The molecule has 0 aromatic heterocycles. The van der Waals surface area contributed by atoms with Gasteiger partial charge in [-0.2, -0.15) is 0 Å². The summed E-state index contributed by atoms with van der Waals surface area (Å²) in [4.78, 5) is 28.7. The van der Waals surface area contributed by atoms with Gasteiger partial charge >= 0.3 is 11.9 Å². The van der Waals surface area contributed by atoms with Crippen LogP contribution in [-0.4, -0.2) is 35.4 Å². The minimum atomic E-state index is -2.02. The Labute approximate surface area is 247 Å². The number of phenolic OH excluding ortho intramolecular Hbond substituents is 2. The highest BCUT2D eigenvalue weighted by Crippen LogP contribution is 2.48. The average molecular weight is 569 g/mol. The SMILES string of the molecule is CCOC(=O)C(C(=O)OCC)(c1cc(C(C)(C)C)c(O)c(C(C)(C)C)c1)c1cc(C(C)(C)C)c(O)c(C(C)(C)C)c1. The van der Waals surface area contributed by atoms with E-state index in [1.54, 1.807) is 38.1 Å². The van der Waals surface area contributed by atoms with Gasteiger partial charge in [0.1, 0.15) is 11.5 Å². The van der Waals surface area contributed by atoms with Gasteiger partial charge < -0.3 is 19.7 Å². The van der Waals surface area contributed by atoms with Gasteiger partial charge in [0.15, 0.2) is 0 Å². The molecule has 0 aliphatic rings. The second kappa shape index (κ2) is 11.3. The van der Waals surface area contributed by atoms with Crippen molar-refractivity contribution in [2.75, 3.05) is 13.2 Å². The molecule has 0 unspecified atom stereocenters. The number of ether oxygens (including phenoxy) is 2. The van der Waals surface area contributed by atoms with Crippen LogP contribution in [-0.2, 0) is 46.1 Å². The van der Waals surface area contributed by atoms with Crippen LogP contribution in [0.1, 0.15) is 130 Å². The molecule has 2 aromatic carbocycles. The molecule has 0 saturated heterocycles. The van der Waals surface area contributed by atoms with Gasteiger partial charge in [-0.15, -0.1) is 0 Å². The fourth-order valence-corrected chi connectivity index (χ4v) is 5.19. The van der Waals surface area contributed by atoms with Gasteiger partial charge in [0.05, 0.1) is 13.2 Å². The quantitative estimate of drug-likeness (QED) is 0.274. The first-order valence-electron chi connectivity index (χ1n) is 14.6. The molecule has 6 heteroatoms. The van der Waals surface area contributed by atoms with Gasteiger partial charge in [0.2, 0.25) is 5.41 Å². The molecule has 0 spiro atoms. The first-order valence-corrected chi connectivity index (χ1v) is 14.6. The number of esters is 2. The van der Waals surface area contributed by atoms with Crippen LogP contribution in [0.25, 0.3) is 0 Å². The molecule has 0 heterocycles. The van der Waals surface area contributed by atoms with Crippen molar-refractivity contribution < 1.29 is 29.3 Å². The molecule has 2 N–H and O–H groups in total. The number of aromatic hydroxyl groups is 2. The van der Waals surface area contributed by atoms with Crippen LogP contribution in [0.4, 0.5) is 0 Å². The van der Waals surface area contributed by atoms with E-state index in [4.69, 9.17) is 9.47 Å². The molecule has 41 heavy (non-hydrogen) atoms. The first-order chi connectivity index (χ1) is 18.4. The van der Waals surface area contributed by atoms with Gasteiger partial charge in [-0.05, 0) is 93.2 Å². The molecule has 0 bridgehead atoms. The molecular weight excluding hydrogens is 516 g/mol. The van der Waals surface area contributed by atoms with E-state index < -0.39 is 39.0 Å². The summed E-state index contributed by atoms with van der Waals surface area (Å²) >= 11 is 0. The fourth-order valence-electron chi connectivity index (χ4n) is 5.19. The van der Waals surface area contributed by atoms with Crippen molar-refractivity contribution in [2.45, 2.75) is 124 Å². The van der Waals surface area contributed by atoms with Crippen LogP contribution in [0, 0.1) is 0 Å². The van der Waals surface area contributed by atoms with Crippen molar-refractivity contribution in [1.82, 2.24) is 0 Å². The number of phenols is 2. The Morgan fingerprint density at radius 2 is 0.756 bits per heavy atom. The average Bonchev–Trinajstić information content (AvgIpc) is 2.78. The summed E-state index contributed by atoms with van der Waals surface area (Å²) in [6.07, 6.45) is 0. The van der Waals surface area contributed by atoms with Crippen molar-refractivity contribution in [3.8, 4) is 11.5 Å². The van der Waals surface area contributed by atoms with E-state index in [-0.39, 0.29) is 24.7 Å². The van der Waals surface area contributed by atoms with Crippen molar-refractivity contribution in [3.05, 3.63) is 57.6 Å². The third kappa shape index (κ3) is 6.57. The Kier molecular flexibility index (Phi) is 9.45. The summed E-state index contributed by atoms with van der Waals surface area (Å²) in [5.41, 5.74) is -0.976. The summed E-state index contributed by atoms with van der Waals surface area (Å²) in [6, 6.07) is 6.94. The summed E-state index contributed by atoms with van der Waals surface area (Å²) in [5, 5.41) is 23.0. The maximum Gasteiger partial charge on any atom is 0.332 e. The minimum Gasteiger partial charge on any atom is -0.507 e. The molecule has 6 nitrogen and oxygen atoms in total. The van der Waals surface area contributed by atoms with E-state index in [9.17, 15) is 19.8 Å². The van der Waals surface area contributed by atoms with Crippen LogP contribution in [0.5, 0.6) is 11.5 Å². The van der Waals surface area contributed by atoms with Crippen LogP contribution >= 0.6 is 0 Å². The van der Waals surface area contributed by atoms with Crippen LogP contribution in [0.3, 0.4) is 0 Å². The first kappa shape index (κ1) is 34.2. The lowest BCUT2D eigenvalue weighted by Crippen LogP contribution is -2.48. The smallest absolute Gasteiger partial charge is 0.332 e. The molecule has 0 fully saturated rings. The second-order valence-electron chi connectivity index (χ2n) is 15.0. The Hall–Kier alpha value is -3.02. The molecule has 2 rings (SSSR count). The molecule has 0 aliphatic carbocycles. The normalized spacial score (nSPS) is 13.2. The van der Waals surface area contributed by atoms with Gasteiger partial charge in [0, 0.05) is 0 Å². The highest BCUT2D eigenvalue weighted by atomic mass is 16.6. The Bertz CT molecular complexity index is 1120. The highest BCUT2D eigenvalue weighted by molar-refractivity contribution is 6.10. The lowest BCUT2D eigenvalue weighted by molar-refractivity contribution is -0.162. The van der Waals surface area contributed by atoms with E-state index in [2.05, 4.69) is 0 Å². The lowest BCUT2D eigenvalue weighted by atomic mass is 9.67. The second-order valence-corrected chi connectivity index (χ2v) is 15.0. The zero-order valence-corrected chi connectivity index (χ0v) is 27.8. The highest BCUT2D eigenvalue weighted by Gasteiger charge is 2.54. The van der Waals surface area contributed by atoms with Crippen LogP contribution in [0.2, 0.25) is 0 Å². The van der Waals surface area contributed by atoms with E-state index in [1.807, 2.05) is 83.1 Å². The molecule has 0 atom stereocenters. The van der Waals surface area contributed by atoms with E-state index in [0.29, 0.717) is 33.4 Å². The number of benzene rings is 2. The lowest BCUT2D eigenvalue weighted by Gasteiger charge is -2.36. The maximum absolute atomic E-state index is 14.3. The third-order valence-electron chi connectivity index (χ3n) is 7.48. The van der Waals surface area contributed by atoms with Gasteiger partial charge in [0.25, 0.3) is 0 Å². The molecule has 0 amide bonds. The Morgan fingerprint density at radius 3 is 0.927 bits per heavy atom. The zero-order valence-electron chi connectivity index (χ0n) is 27.8. The van der Waals surface area contributed by atoms with Gasteiger partial charge in [-0.1, -0.05) is 83.1 Å². The molecule has 2 aromatic rings. The summed E-state index contributed by atoms with van der Waals surface area (Å²) in [7, 11) is 0. The predicted molar refractivity (Wildman–Crippen MR) is 165 cm³/mol. The molecule has 0 saturated carbocycles. The molecule has 228 valence electrons. The molecular formula is C35H52O6. The monoisotopic (exact) mass is 568 g/mol. The Morgan fingerprint density at radius 1 is 0.537 bits per heavy atom. The van der Waals surface area contributed by atoms with Crippen molar-refractivity contribution in [1.29, 1.82) is 0 Å². The van der Waals surface area contributed by atoms with Crippen molar-refractivity contribution >= 4 is 11.9 Å². The topological polar surface area (TPSA) is 93.1 Å². The number of hydrogen-bond donors (Lipinski definition) is 2. The van der Waals surface area contributed by atoms with Crippen molar-refractivity contribution in [2.24, 2.45) is 0 Å². The van der Waals surface area contributed by atoms with Crippen molar-refractivity contribution in [3.63, 3.8) is 0 Å². The minimum absolute atomic E-state index is 0.0483. The number of rotatable bonds is 6. The number of hydrogen-bond acceptors (Lipinski definition) is 6. The summed E-state index contributed by atoms with van der Waals surface area (Å²) in [5.74, 6) is -1.28. The van der Waals surface area contributed by atoms with E-state index in [1.165, 1.54) is 0 Å². The largest absolute Gasteiger partial charge is 0.507 e. The van der Waals surface area contributed by atoms with E-state index in [0.717, 1.165) is 0 Å². The maximum atomic E-state index is 14.3. The predicted octanol–water partition coefficient (Wildman–Crippen LogP) is 7.70. The fraction of sp³-hybridized carbons (Fsp3) is 0.600. The third-order valence-corrected chi connectivity index (χ3v) is 7.48. The Balaban J connectivity index is 3.39. The molecule has 0 aliphatic heterocycles. The van der Waals surface area contributed by atoms with Gasteiger partial charge in [-0.25, -0.2) is 0 Å². The number of carbonyl (C=O) groups excluding carboxylic acids is 2. The van der Waals surface area contributed by atoms with E-state index >= 15 is 0 Å². The van der Waals surface area contributed by atoms with Gasteiger partial charge in [-0.3, -0.25) is 9.59 Å². The number of carbonyl (C=O) groups is 2. The zero-order chi connectivity index (χ0) is 31.9. The molecule has 0 radical (unpaired) electrons. The summed E-state index contributed by atoms with van der Waals surface area (Å²) in [6.45, 7) is 27.2.